The quantitative estimate of drug-likeness (QED) is 0.644. The molecule has 0 radical (unpaired) electrons. The number of fused-ring (bicyclic) bond motifs is 1. The van der Waals surface area contributed by atoms with Gasteiger partial charge in [-0.05, 0) is 43.0 Å². The van der Waals surface area contributed by atoms with Gasteiger partial charge in [0.1, 0.15) is 17.9 Å². The van der Waals surface area contributed by atoms with E-state index in [1.165, 1.54) is 0 Å². The predicted octanol–water partition coefficient (Wildman–Crippen LogP) is 2.17. The summed E-state index contributed by atoms with van der Waals surface area (Å²) in [5, 5.41) is 15.2. The molecule has 0 atom stereocenters. The molecule has 0 aliphatic heterocycles. The highest BCUT2D eigenvalue weighted by Gasteiger charge is 2.12. The zero-order chi connectivity index (χ0) is 16.2. The van der Waals surface area contributed by atoms with Crippen molar-refractivity contribution in [3.63, 3.8) is 0 Å². The molecule has 7 nitrogen and oxygen atoms in total. The van der Waals surface area contributed by atoms with Crippen LogP contribution in [-0.4, -0.2) is 15.5 Å². The third kappa shape index (κ3) is 3.39. The number of rotatable bonds is 6. The number of hydrogen-bond acceptors (Lipinski definition) is 6. The highest BCUT2D eigenvalue weighted by molar-refractivity contribution is 5.87. The van der Waals surface area contributed by atoms with E-state index in [1.807, 2.05) is 19.1 Å². The van der Waals surface area contributed by atoms with Crippen molar-refractivity contribution in [1.29, 1.82) is 0 Å². The summed E-state index contributed by atoms with van der Waals surface area (Å²) in [7, 11) is 0. The molecule has 0 amide bonds. The van der Waals surface area contributed by atoms with Gasteiger partial charge in [0, 0.05) is 11.9 Å². The molecule has 0 unspecified atom stereocenters. The maximum Gasteiger partial charge on any atom is 0.336 e. The van der Waals surface area contributed by atoms with E-state index in [2.05, 4.69) is 27.5 Å². The fourth-order valence-electron chi connectivity index (χ4n) is 2.51. The lowest BCUT2D eigenvalue weighted by Gasteiger charge is -2.13. The van der Waals surface area contributed by atoms with Crippen molar-refractivity contribution < 1.29 is 9.15 Å². The van der Waals surface area contributed by atoms with Crippen molar-refractivity contribution in [1.82, 2.24) is 20.6 Å². The second-order valence-corrected chi connectivity index (χ2v) is 5.41. The molecule has 0 aliphatic carbocycles. The van der Waals surface area contributed by atoms with Crippen molar-refractivity contribution in [2.75, 3.05) is 0 Å². The molecular weight excluding hydrogens is 296 g/mol. The van der Waals surface area contributed by atoms with Gasteiger partial charge in [-0.25, -0.2) is 4.79 Å². The topological polar surface area (TPSA) is 92.2 Å². The maximum absolute atomic E-state index is 11.8. The second kappa shape index (κ2) is 6.60. The van der Waals surface area contributed by atoms with Crippen LogP contribution >= 0.6 is 0 Å². The molecule has 0 saturated heterocycles. The highest BCUT2D eigenvalue weighted by Crippen LogP contribution is 2.31. The SMILES string of the molecule is CCCCc1cc(=O)oc2cc(C)cc(OCc3nnn[n-]3)c12. The first-order valence-electron chi connectivity index (χ1n) is 7.55. The number of nitrogens with zero attached hydrogens (tertiary/aromatic N) is 4. The average molecular weight is 313 g/mol. The van der Waals surface area contributed by atoms with Crippen molar-refractivity contribution >= 4 is 11.0 Å². The lowest BCUT2D eigenvalue weighted by atomic mass is 10.0. The Hall–Kier alpha value is -2.70. The van der Waals surface area contributed by atoms with Crippen molar-refractivity contribution in [2.45, 2.75) is 39.7 Å². The molecule has 0 aliphatic rings. The smallest absolute Gasteiger partial charge is 0.336 e. The number of tetrazole rings is 1. The molecule has 0 bridgehead atoms. The first kappa shape index (κ1) is 15.2. The molecule has 120 valence electrons. The van der Waals surface area contributed by atoms with Crippen LogP contribution in [-0.2, 0) is 13.0 Å². The van der Waals surface area contributed by atoms with Crippen LogP contribution in [0.5, 0.6) is 5.75 Å². The zero-order valence-corrected chi connectivity index (χ0v) is 13.1. The third-order valence-corrected chi connectivity index (χ3v) is 3.55. The number of hydrogen-bond donors (Lipinski definition) is 0. The molecule has 0 N–H and O–H groups in total. The summed E-state index contributed by atoms with van der Waals surface area (Å²) in [5.74, 6) is 1.06. The van der Waals surface area contributed by atoms with Gasteiger partial charge in [-0.2, -0.15) is 5.21 Å². The largest absolute Gasteiger partial charge is 0.488 e. The average Bonchev–Trinajstić information content (AvgIpc) is 3.02. The van der Waals surface area contributed by atoms with Gasteiger partial charge in [0.25, 0.3) is 0 Å². The predicted molar refractivity (Wildman–Crippen MR) is 83.3 cm³/mol. The summed E-state index contributed by atoms with van der Waals surface area (Å²) in [6.45, 7) is 4.20. The number of unbranched alkanes of at least 4 members (excludes halogenated alkanes) is 1. The molecule has 2 heterocycles. The van der Waals surface area contributed by atoms with Crippen LogP contribution in [0.25, 0.3) is 11.0 Å². The fraction of sp³-hybridized carbons (Fsp3) is 0.375. The number of ether oxygens (including phenoxy) is 1. The van der Waals surface area contributed by atoms with Crippen molar-refractivity contribution in [3.8, 4) is 5.75 Å². The summed E-state index contributed by atoms with van der Waals surface area (Å²) in [4.78, 5) is 11.8. The van der Waals surface area contributed by atoms with E-state index in [-0.39, 0.29) is 12.2 Å². The minimum atomic E-state index is -0.340. The van der Waals surface area contributed by atoms with Gasteiger partial charge in [-0.15, -0.1) is 0 Å². The van der Waals surface area contributed by atoms with Gasteiger partial charge in [0.15, 0.2) is 0 Å². The number of aromatic nitrogens is 4. The Labute approximate surface area is 132 Å². The van der Waals surface area contributed by atoms with Crippen LogP contribution < -0.4 is 15.5 Å². The standard InChI is InChI=1S/C16H17N4O3/c1-3-4-5-11-8-15(21)23-13-7-10(2)6-12(16(11)13)22-9-14-17-19-20-18-14/h6-8H,3-5,9H2,1-2H3/q-1. The summed E-state index contributed by atoms with van der Waals surface area (Å²) < 4.78 is 11.2. The minimum absolute atomic E-state index is 0.165. The molecule has 0 spiro atoms. The molecule has 0 saturated carbocycles. The van der Waals surface area contributed by atoms with Crippen LogP contribution in [0.2, 0.25) is 0 Å². The van der Waals surface area contributed by atoms with Gasteiger partial charge in [-0.1, -0.05) is 13.3 Å². The van der Waals surface area contributed by atoms with Crippen LogP contribution in [0, 0.1) is 6.92 Å². The molecule has 3 rings (SSSR count). The van der Waals surface area contributed by atoms with E-state index in [0.717, 1.165) is 35.8 Å². The Kier molecular flexibility index (Phi) is 4.36. The molecule has 1 aromatic carbocycles. The number of aryl methyl sites for hydroxylation is 2. The van der Waals surface area contributed by atoms with E-state index in [1.54, 1.807) is 6.07 Å². The summed E-state index contributed by atoms with van der Waals surface area (Å²) in [6.07, 6.45) is 2.84. The molecule has 0 fully saturated rings. The second-order valence-electron chi connectivity index (χ2n) is 5.41. The zero-order valence-electron chi connectivity index (χ0n) is 13.1. The molecular formula is C16H17N4O3-. The molecule has 23 heavy (non-hydrogen) atoms. The lowest BCUT2D eigenvalue weighted by Crippen LogP contribution is -2.04. The summed E-state index contributed by atoms with van der Waals surface area (Å²) in [5.41, 5.74) is 2.09. The van der Waals surface area contributed by atoms with Crippen molar-refractivity contribution in [3.05, 3.63) is 45.6 Å². The van der Waals surface area contributed by atoms with E-state index in [4.69, 9.17) is 9.15 Å². The first-order valence-corrected chi connectivity index (χ1v) is 7.55. The van der Waals surface area contributed by atoms with Crippen LogP contribution in [0.1, 0.15) is 36.7 Å². The van der Waals surface area contributed by atoms with Crippen LogP contribution in [0.4, 0.5) is 0 Å². The third-order valence-electron chi connectivity index (χ3n) is 3.55. The van der Waals surface area contributed by atoms with Crippen LogP contribution in [0.15, 0.2) is 27.4 Å². The normalized spacial score (nSPS) is 11.0. The van der Waals surface area contributed by atoms with E-state index >= 15 is 0 Å². The van der Waals surface area contributed by atoms with Crippen molar-refractivity contribution in [2.24, 2.45) is 0 Å². The Bertz CT molecular complexity index is 856. The van der Waals surface area contributed by atoms with Gasteiger partial charge < -0.3 is 14.3 Å². The summed E-state index contributed by atoms with van der Waals surface area (Å²) >= 11 is 0. The maximum atomic E-state index is 11.8. The Balaban J connectivity index is 2.05. The fourth-order valence-corrected chi connectivity index (χ4v) is 2.51. The van der Waals surface area contributed by atoms with E-state index in [0.29, 0.717) is 17.2 Å². The van der Waals surface area contributed by atoms with Gasteiger partial charge in [-0.3, -0.25) is 10.3 Å². The van der Waals surface area contributed by atoms with Gasteiger partial charge >= 0.3 is 5.63 Å². The molecule has 3 aromatic rings. The Morgan fingerprint density at radius 2 is 2.17 bits per heavy atom. The molecule has 7 heteroatoms. The first-order chi connectivity index (χ1) is 11.2. The monoisotopic (exact) mass is 313 g/mol. The van der Waals surface area contributed by atoms with Gasteiger partial charge in [0.05, 0.1) is 5.39 Å². The van der Waals surface area contributed by atoms with E-state index in [9.17, 15) is 4.79 Å². The lowest BCUT2D eigenvalue weighted by molar-refractivity contribution is 0.298. The van der Waals surface area contributed by atoms with Crippen LogP contribution in [0.3, 0.4) is 0 Å². The summed E-state index contributed by atoms with van der Waals surface area (Å²) in [6, 6.07) is 5.31. The molecule has 2 aromatic heterocycles. The Morgan fingerprint density at radius 3 is 2.91 bits per heavy atom. The Morgan fingerprint density at radius 1 is 1.30 bits per heavy atom. The minimum Gasteiger partial charge on any atom is -0.488 e. The van der Waals surface area contributed by atoms with E-state index < -0.39 is 0 Å². The van der Waals surface area contributed by atoms with Gasteiger partial charge in [0.2, 0.25) is 0 Å². The number of benzene rings is 1. The highest BCUT2D eigenvalue weighted by atomic mass is 16.5.